The second kappa shape index (κ2) is 11.3. The fourth-order valence-corrected chi connectivity index (χ4v) is 6.08. The summed E-state index contributed by atoms with van der Waals surface area (Å²) in [5.41, 5.74) is 10.1. The van der Waals surface area contributed by atoms with Crippen LogP contribution in [0, 0.1) is 13.5 Å². The van der Waals surface area contributed by atoms with Gasteiger partial charge in [0, 0.05) is 27.8 Å². The van der Waals surface area contributed by atoms with Crippen molar-refractivity contribution in [2.45, 2.75) is 6.92 Å². The summed E-state index contributed by atoms with van der Waals surface area (Å²) in [5, 5.41) is 2.18. The maximum absolute atomic E-state index is 7.63. The Hall–Kier alpha value is -6.38. The predicted molar refractivity (Wildman–Crippen MR) is 187 cm³/mol. The maximum atomic E-state index is 7.63. The Kier molecular flexibility index (Phi) is 6.67. The molecule has 0 amide bonds. The third-order valence-corrected chi connectivity index (χ3v) is 8.41. The van der Waals surface area contributed by atoms with Crippen LogP contribution in [0.4, 0.5) is 5.69 Å². The lowest BCUT2D eigenvalue weighted by Gasteiger charge is -2.11. The lowest BCUT2D eigenvalue weighted by atomic mass is 10.0. The minimum absolute atomic E-state index is 0.627. The Morgan fingerprint density at radius 2 is 0.957 bits per heavy atom. The lowest BCUT2D eigenvalue weighted by molar-refractivity contribution is 1.07. The lowest BCUT2D eigenvalue weighted by Crippen LogP contribution is -2.00. The summed E-state index contributed by atoms with van der Waals surface area (Å²) in [6.45, 7) is 9.76. The summed E-state index contributed by atoms with van der Waals surface area (Å²) in [4.78, 5) is 18.3. The topological polar surface area (TPSA) is 48.0 Å². The molecule has 6 aromatic carbocycles. The zero-order valence-corrected chi connectivity index (χ0v) is 25.1. The van der Waals surface area contributed by atoms with Crippen LogP contribution in [-0.4, -0.2) is 19.5 Å². The summed E-state index contributed by atoms with van der Waals surface area (Å²) in [6, 6.07) is 49.4. The van der Waals surface area contributed by atoms with Gasteiger partial charge in [-0.05, 0) is 59.3 Å². The summed E-state index contributed by atoms with van der Waals surface area (Å²) in [7, 11) is 0. The fraction of sp³-hybridized carbons (Fsp3) is 0.0244. The highest BCUT2D eigenvalue weighted by Gasteiger charge is 2.16. The van der Waals surface area contributed by atoms with E-state index in [1.807, 2.05) is 72.8 Å². The molecule has 0 spiro atoms. The van der Waals surface area contributed by atoms with E-state index in [0.717, 1.165) is 55.3 Å². The van der Waals surface area contributed by atoms with Crippen LogP contribution in [-0.2, 0) is 0 Å². The Morgan fingerprint density at radius 1 is 0.478 bits per heavy atom. The van der Waals surface area contributed by atoms with Crippen LogP contribution in [0.25, 0.3) is 77.6 Å². The summed E-state index contributed by atoms with van der Waals surface area (Å²) < 4.78 is 2.30. The molecule has 5 heteroatoms. The molecule has 0 aliphatic rings. The molecule has 216 valence electrons. The van der Waals surface area contributed by atoms with Crippen molar-refractivity contribution in [3.63, 3.8) is 0 Å². The van der Waals surface area contributed by atoms with Crippen molar-refractivity contribution in [2.75, 3.05) is 0 Å². The minimum atomic E-state index is 0.627. The predicted octanol–water partition coefficient (Wildman–Crippen LogP) is 10.5. The Morgan fingerprint density at radius 3 is 1.54 bits per heavy atom. The zero-order chi connectivity index (χ0) is 31.0. The molecule has 2 heterocycles. The molecule has 0 bridgehead atoms. The molecular formula is C41H27N5. The number of aromatic nitrogens is 4. The van der Waals surface area contributed by atoms with Crippen molar-refractivity contribution in [1.29, 1.82) is 0 Å². The van der Waals surface area contributed by atoms with Crippen LogP contribution < -0.4 is 0 Å². The molecule has 0 aliphatic carbocycles. The summed E-state index contributed by atoms with van der Waals surface area (Å²) in [6.07, 6.45) is 0. The highest BCUT2D eigenvalue weighted by atomic mass is 15.0. The first kappa shape index (κ1) is 27.2. The molecular weight excluding hydrogens is 562 g/mol. The third kappa shape index (κ3) is 4.79. The SMILES string of the molecule is [C-]#[N+]c1ccc2c(c1)c1cc(-c3ccc(-c4nc(-c5ccccc5)nc(-c5ccccc5)n4)cc3)ccc1n2-c1ccccc1C. The molecule has 0 unspecified atom stereocenters. The minimum Gasteiger partial charge on any atom is -0.309 e. The normalized spacial score (nSPS) is 11.1. The van der Waals surface area contributed by atoms with E-state index >= 15 is 0 Å². The second-order valence-electron chi connectivity index (χ2n) is 11.3. The van der Waals surface area contributed by atoms with E-state index in [4.69, 9.17) is 21.5 Å². The standard InChI is InChI=1S/C41H27N5/c1-27-11-9-10-16-36(27)46-37-23-21-32(25-34(37)35-26-33(42-2)22-24-38(35)46)28-17-19-31(20-18-28)41-44-39(29-12-5-3-6-13-29)43-40(45-41)30-14-7-4-8-15-30/h3-26H,1H3. The average molecular weight is 590 g/mol. The van der Waals surface area contributed by atoms with Crippen LogP contribution in [0.2, 0.25) is 0 Å². The van der Waals surface area contributed by atoms with E-state index in [1.54, 1.807) is 0 Å². The van der Waals surface area contributed by atoms with Gasteiger partial charge in [0.15, 0.2) is 23.2 Å². The molecule has 0 aliphatic heterocycles. The highest BCUT2D eigenvalue weighted by Crippen LogP contribution is 2.37. The van der Waals surface area contributed by atoms with Crippen molar-refractivity contribution in [2.24, 2.45) is 0 Å². The quantitative estimate of drug-likeness (QED) is 0.188. The fourth-order valence-electron chi connectivity index (χ4n) is 6.08. The molecule has 0 radical (unpaired) electrons. The number of hydrogen-bond donors (Lipinski definition) is 0. The second-order valence-corrected chi connectivity index (χ2v) is 11.3. The van der Waals surface area contributed by atoms with Gasteiger partial charge in [-0.1, -0.05) is 115 Å². The molecule has 8 aromatic rings. The number of hydrogen-bond acceptors (Lipinski definition) is 3. The number of aryl methyl sites for hydroxylation is 1. The van der Waals surface area contributed by atoms with Crippen molar-refractivity contribution in [3.05, 3.63) is 163 Å². The Balaban J connectivity index is 1.23. The van der Waals surface area contributed by atoms with Crippen LogP contribution >= 0.6 is 0 Å². The van der Waals surface area contributed by atoms with Gasteiger partial charge in [0.2, 0.25) is 0 Å². The number of fused-ring (bicyclic) bond motifs is 3. The number of rotatable bonds is 5. The molecule has 5 nitrogen and oxygen atoms in total. The van der Waals surface area contributed by atoms with E-state index in [9.17, 15) is 0 Å². The van der Waals surface area contributed by atoms with Crippen molar-refractivity contribution in [3.8, 4) is 51.0 Å². The Bertz CT molecular complexity index is 2360. The first-order valence-corrected chi connectivity index (χ1v) is 15.2. The van der Waals surface area contributed by atoms with Gasteiger partial charge < -0.3 is 4.57 Å². The zero-order valence-electron chi connectivity index (χ0n) is 25.1. The first-order valence-electron chi connectivity index (χ1n) is 15.2. The third-order valence-electron chi connectivity index (χ3n) is 8.41. The first-order chi connectivity index (χ1) is 22.7. The van der Waals surface area contributed by atoms with Gasteiger partial charge in [-0.3, -0.25) is 0 Å². The molecule has 8 rings (SSSR count). The summed E-state index contributed by atoms with van der Waals surface area (Å²) in [5.74, 6) is 1.91. The van der Waals surface area contributed by atoms with Gasteiger partial charge in [-0.25, -0.2) is 19.8 Å². The van der Waals surface area contributed by atoms with Crippen molar-refractivity contribution in [1.82, 2.24) is 19.5 Å². The van der Waals surface area contributed by atoms with Crippen LogP contribution in [0.15, 0.2) is 146 Å². The molecule has 0 N–H and O–H groups in total. The van der Waals surface area contributed by atoms with Gasteiger partial charge in [-0.2, -0.15) is 0 Å². The largest absolute Gasteiger partial charge is 0.309 e. The van der Waals surface area contributed by atoms with E-state index in [0.29, 0.717) is 23.2 Å². The van der Waals surface area contributed by atoms with Crippen molar-refractivity contribution >= 4 is 27.5 Å². The van der Waals surface area contributed by atoms with Crippen molar-refractivity contribution < 1.29 is 0 Å². The monoisotopic (exact) mass is 589 g/mol. The van der Waals surface area contributed by atoms with Crippen LogP contribution in [0.1, 0.15) is 5.56 Å². The average Bonchev–Trinajstić information content (AvgIpc) is 3.45. The number of para-hydroxylation sites is 1. The molecule has 0 saturated carbocycles. The number of nitrogens with zero attached hydrogens (tertiary/aromatic N) is 5. The van der Waals surface area contributed by atoms with Gasteiger partial charge in [0.1, 0.15) is 0 Å². The maximum Gasteiger partial charge on any atom is 0.188 e. The molecule has 0 fully saturated rings. The van der Waals surface area contributed by atoms with E-state index in [1.165, 1.54) is 5.56 Å². The van der Waals surface area contributed by atoms with E-state index in [-0.39, 0.29) is 0 Å². The van der Waals surface area contributed by atoms with Gasteiger partial charge in [0.25, 0.3) is 0 Å². The highest BCUT2D eigenvalue weighted by molar-refractivity contribution is 6.11. The van der Waals surface area contributed by atoms with Gasteiger partial charge >= 0.3 is 0 Å². The van der Waals surface area contributed by atoms with E-state index < -0.39 is 0 Å². The smallest absolute Gasteiger partial charge is 0.188 e. The molecule has 0 saturated heterocycles. The summed E-state index contributed by atoms with van der Waals surface area (Å²) >= 11 is 0. The molecule has 2 aromatic heterocycles. The van der Waals surface area contributed by atoms with Gasteiger partial charge in [0.05, 0.1) is 17.6 Å². The van der Waals surface area contributed by atoms with E-state index in [2.05, 4.69) is 89.1 Å². The Labute approximate surface area is 266 Å². The van der Waals surface area contributed by atoms with Gasteiger partial charge in [-0.15, -0.1) is 0 Å². The molecule has 46 heavy (non-hydrogen) atoms. The number of benzene rings is 6. The van der Waals surface area contributed by atoms with Crippen LogP contribution in [0.5, 0.6) is 0 Å². The molecule has 0 atom stereocenters. The van der Waals surface area contributed by atoms with Crippen LogP contribution in [0.3, 0.4) is 0 Å².